The van der Waals surface area contributed by atoms with Crippen LogP contribution in [0, 0.1) is 5.92 Å². The molecule has 0 fully saturated rings. The van der Waals surface area contributed by atoms with Crippen molar-refractivity contribution in [2.24, 2.45) is 5.92 Å². The fraction of sp³-hybridized carbons (Fsp3) is 0.889. The van der Waals surface area contributed by atoms with E-state index in [9.17, 15) is 9.90 Å². The number of aliphatic hydroxyl groups is 1. The third kappa shape index (κ3) is 6.05. The second kappa shape index (κ2) is 4.50. The molecule has 11 heavy (non-hydrogen) atoms. The Morgan fingerprint density at radius 3 is 2.45 bits per heavy atom. The SMILES string of the molecule is CC(C)CCCC(C)(O)C=O. The van der Waals surface area contributed by atoms with Crippen LogP contribution in [0.5, 0.6) is 0 Å². The van der Waals surface area contributed by atoms with Crippen molar-refractivity contribution in [3.63, 3.8) is 0 Å². The normalized spacial score (nSPS) is 16.5. The molecule has 0 aliphatic rings. The molecule has 0 saturated heterocycles. The highest BCUT2D eigenvalue weighted by atomic mass is 16.3. The maximum absolute atomic E-state index is 10.3. The van der Waals surface area contributed by atoms with Crippen LogP contribution < -0.4 is 0 Å². The summed E-state index contributed by atoms with van der Waals surface area (Å²) in [6, 6.07) is 0. The average molecular weight is 158 g/mol. The number of carbonyl (C=O) groups excluding carboxylic acids is 1. The Balaban J connectivity index is 3.45. The van der Waals surface area contributed by atoms with Crippen LogP contribution in [0.3, 0.4) is 0 Å². The largest absolute Gasteiger partial charge is 0.383 e. The van der Waals surface area contributed by atoms with Gasteiger partial charge in [-0.15, -0.1) is 0 Å². The van der Waals surface area contributed by atoms with Gasteiger partial charge in [-0.1, -0.05) is 20.3 Å². The second-order valence-electron chi connectivity index (χ2n) is 3.76. The monoisotopic (exact) mass is 158 g/mol. The zero-order valence-corrected chi connectivity index (χ0v) is 7.63. The third-order valence-corrected chi connectivity index (χ3v) is 1.72. The molecule has 0 aromatic heterocycles. The van der Waals surface area contributed by atoms with E-state index < -0.39 is 5.60 Å². The van der Waals surface area contributed by atoms with Crippen LogP contribution in [0.2, 0.25) is 0 Å². The number of carbonyl (C=O) groups is 1. The molecular formula is C9H18O2. The Morgan fingerprint density at radius 1 is 1.55 bits per heavy atom. The zero-order valence-electron chi connectivity index (χ0n) is 7.63. The van der Waals surface area contributed by atoms with Gasteiger partial charge in [-0.3, -0.25) is 0 Å². The maximum atomic E-state index is 10.3. The summed E-state index contributed by atoms with van der Waals surface area (Å²) in [4.78, 5) is 10.3. The van der Waals surface area contributed by atoms with E-state index >= 15 is 0 Å². The molecule has 0 aliphatic carbocycles. The first-order chi connectivity index (χ1) is 4.98. The second-order valence-corrected chi connectivity index (χ2v) is 3.76. The molecule has 0 saturated carbocycles. The van der Waals surface area contributed by atoms with Crippen molar-refractivity contribution in [2.75, 3.05) is 0 Å². The predicted molar refractivity (Wildman–Crippen MR) is 45.4 cm³/mol. The minimum atomic E-state index is -1.10. The zero-order chi connectivity index (χ0) is 8.91. The van der Waals surface area contributed by atoms with Gasteiger partial charge in [0.05, 0.1) is 0 Å². The standard InChI is InChI=1S/C9H18O2/c1-8(2)5-4-6-9(3,11)7-10/h7-8,11H,4-6H2,1-3H3. The van der Waals surface area contributed by atoms with Gasteiger partial charge in [-0.2, -0.15) is 0 Å². The molecule has 0 bridgehead atoms. The molecule has 2 heteroatoms. The highest BCUT2D eigenvalue weighted by Gasteiger charge is 2.17. The molecule has 0 aliphatic heterocycles. The Morgan fingerprint density at radius 2 is 2.09 bits per heavy atom. The summed E-state index contributed by atoms with van der Waals surface area (Å²) >= 11 is 0. The smallest absolute Gasteiger partial charge is 0.151 e. The molecule has 0 aromatic carbocycles. The summed E-state index contributed by atoms with van der Waals surface area (Å²) in [7, 11) is 0. The molecule has 1 N–H and O–H groups in total. The van der Waals surface area contributed by atoms with E-state index in [1.54, 1.807) is 6.92 Å². The lowest BCUT2D eigenvalue weighted by atomic mass is 9.97. The van der Waals surface area contributed by atoms with Crippen LogP contribution >= 0.6 is 0 Å². The van der Waals surface area contributed by atoms with Crippen molar-refractivity contribution in [3.8, 4) is 0 Å². The van der Waals surface area contributed by atoms with E-state index in [0.717, 1.165) is 12.8 Å². The Bertz CT molecular complexity index is 117. The Labute approximate surface area is 68.6 Å². The van der Waals surface area contributed by atoms with Crippen molar-refractivity contribution in [3.05, 3.63) is 0 Å². The van der Waals surface area contributed by atoms with Gasteiger partial charge >= 0.3 is 0 Å². The first-order valence-corrected chi connectivity index (χ1v) is 4.16. The van der Waals surface area contributed by atoms with Gasteiger partial charge in [0.15, 0.2) is 6.29 Å². The first kappa shape index (κ1) is 10.6. The number of aldehydes is 1. The minimum Gasteiger partial charge on any atom is -0.383 e. The van der Waals surface area contributed by atoms with Gasteiger partial charge < -0.3 is 9.90 Å². The Hall–Kier alpha value is -0.370. The molecular weight excluding hydrogens is 140 g/mol. The quantitative estimate of drug-likeness (QED) is 0.619. The van der Waals surface area contributed by atoms with Gasteiger partial charge in [0.1, 0.15) is 5.60 Å². The molecule has 1 unspecified atom stereocenters. The van der Waals surface area contributed by atoms with Crippen molar-refractivity contribution >= 4 is 6.29 Å². The molecule has 1 atom stereocenters. The summed E-state index contributed by atoms with van der Waals surface area (Å²) in [5.41, 5.74) is -1.10. The highest BCUT2D eigenvalue weighted by Crippen LogP contribution is 2.13. The molecule has 0 rings (SSSR count). The van der Waals surface area contributed by atoms with Crippen LogP contribution in [0.25, 0.3) is 0 Å². The fourth-order valence-corrected chi connectivity index (χ4v) is 0.927. The predicted octanol–water partition coefficient (Wildman–Crippen LogP) is 1.76. The van der Waals surface area contributed by atoms with Crippen LogP contribution in [0.4, 0.5) is 0 Å². The van der Waals surface area contributed by atoms with Crippen molar-refractivity contribution in [2.45, 2.75) is 45.6 Å². The molecule has 66 valence electrons. The topological polar surface area (TPSA) is 37.3 Å². The van der Waals surface area contributed by atoms with E-state index in [4.69, 9.17) is 0 Å². The van der Waals surface area contributed by atoms with Gasteiger partial charge in [-0.25, -0.2) is 0 Å². The lowest BCUT2D eigenvalue weighted by molar-refractivity contribution is -0.123. The highest BCUT2D eigenvalue weighted by molar-refractivity contribution is 5.60. The van der Waals surface area contributed by atoms with Crippen LogP contribution in [0.15, 0.2) is 0 Å². The number of hydrogen-bond acceptors (Lipinski definition) is 2. The fourth-order valence-electron chi connectivity index (χ4n) is 0.927. The third-order valence-electron chi connectivity index (χ3n) is 1.72. The average Bonchev–Trinajstić information content (AvgIpc) is 1.87. The van der Waals surface area contributed by atoms with Gasteiger partial charge in [-0.05, 0) is 25.7 Å². The van der Waals surface area contributed by atoms with Crippen molar-refractivity contribution < 1.29 is 9.90 Å². The molecule has 2 nitrogen and oxygen atoms in total. The van der Waals surface area contributed by atoms with Crippen molar-refractivity contribution in [1.29, 1.82) is 0 Å². The minimum absolute atomic E-state index is 0.578. The van der Waals surface area contributed by atoms with Crippen LogP contribution in [-0.2, 0) is 4.79 Å². The molecule has 0 aromatic rings. The first-order valence-electron chi connectivity index (χ1n) is 4.16. The number of rotatable bonds is 5. The molecule has 0 heterocycles. The molecule has 0 radical (unpaired) electrons. The van der Waals surface area contributed by atoms with E-state index in [1.165, 1.54) is 0 Å². The molecule has 0 spiro atoms. The van der Waals surface area contributed by atoms with E-state index in [0.29, 0.717) is 18.6 Å². The summed E-state index contributed by atoms with van der Waals surface area (Å²) in [6.07, 6.45) is 3.19. The maximum Gasteiger partial charge on any atom is 0.151 e. The Kier molecular flexibility index (Phi) is 4.34. The lowest BCUT2D eigenvalue weighted by Crippen LogP contribution is -2.25. The molecule has 0 amide bonds. The van der Waals surface area contributed by atoms with Gasteiger partial charge in [0, 0.05) is 0 Å². The lowest BCUT2D eigenvalue weighted by Gasteiger charge is -2.15. The van der Waals surface area contributed by atoms with Crippen LogP contribution in [-0.4, -0.2) is 17.0 Å². The summed E-state index contributed by atoms with van der Waals surface area (Å²) in [5.74, 6) is 0.650. The summed E-state index contributed by atoms with van der Waals surface area (Å²) in [6.45, 7) is 5.82. The van der Waals surface area contributed by atoms with Gasteiger partial charge in [0.25, 0.3) is 0 Å². The van der Waals surface area contributed by atoms with Gasteiger partial charge in [0.2, 0.25) is 0 Å². The van der Waals surface area contributed by atoms with E-state index in [-0.39, 0.29) is 0 Å². The van der Waals surface area contributed by atoms with Crippen LogP contribution in [0.1, 0.15) is 40.0 Å². The summed E-state index contributed by atoms with van der Waals surface area (Å²) < 4.78 is 0. The van der Waals surface area contributed by atoms with E-state index in [2.05, 4.69) is 13.8 Å². The van der Waals surface area contributed by atoms with Crippen molar-refractivity contribution in [1.82, 2.24) is 0 Å². The van der Waals surface area contributed by atoms with E-state index in [1.807, 2.05) is 0 Å². The number of hydrogen-bond donors (Lipinski definition) is 1. The summed E-state index contributed by atoms with van der Waals surface area (Å²) in [5, 5.41) is 9.27.